The Morgan fingerprint density at radius 2 is 2.00 bits per heavy atom. The fourth-order valence-electron chi connectivity index (χ4n) is 1.70. The molecule has 0 fully saturated rings. The highest BCUT2D eigenvalue weighted by atomic mass is 79.9. The van der Waals surface area contributed by atoms with Crippen LogP contribution in [-0.2, 0) is 0 Å². The van der Waals surface area contributed by atoms with Crippen molar-refractivity contribution in [1.82, 2.24) is 0 Å². The van der Waals surface area contributed by atoms with Crippen LogP contribution >= 0.6 is 15.9 Å². The van der Waals surface area contributed by atoms with Gasteiger partial charge in [0.25, 0.3) is 0 Å². The van der Waals surface area contributed by atoms with Crippen LogP contribution in [0.25, 0.3) is 0 Å². The summed E-state index contributed by atoms with van der Waals surface area (Å²) in [6.07, 6.45) is 1.77. The van der Waals surface area contributed by atoms with Gasteiger partial charge in [-0.15, -0.1) is 0 Å². The molecule has 0 N–H and O–H groups in total. The molecule has 0 aromatic heterocycles. The molecule has 0 saturated heterocycles. The number of halogens is 1. The number of hydrogen-bond acceptors (Lipinski definition) is 2. The van der Waals surface area contributed by atoms with Crippen LogP contribution in [-0.4, -0.2) is 12.9 Å². The van der Waals surface area contributed by atoms with Crippen LogP contribution < -0.4 is 4.74 Å². The number of carbonyl (C=O) groups is 1. The van der Waals surface area contributed by atoms with E-state index in [-0.39, 0.29) is 11.7 Å². The summed E-state index contributed by atoms with van der Waals surface area (Å²) in [5.41, 5.74) is 0.745. The van der Waals surface area contributed by atoms with Gasteiger partial charge < -0.3 is 4.74 Å². The van der Waals surface area contributed by atoms with Crippen molar-refractivity contribution in [1.29, 1.82) is 0 Å². The lowest BCUT2D eigenvalue weighted by molar-refractivity contribution is 0.0912. The highest BCUT2D eigenvalue weighted by molar-refractivity contribution is 9.10. The molecule has 0 saturated carbocycles. The highest BCUT2D eigenvalue weighted by Crippen LogP contribution is 2.26. The molecule has 3 heteroatoms. The summed E-state index contributed by atoms with van der Waals surface area (Å²) in [6, 6.07) is 5.47. The van der Waals surface area contributed by atoms with E-state index in [0.717, 1.165) is 28.6 Å². The lowest BCUT2D eigenvalue weighted by atomic mass is 9.93. The van der Waals surface area contributed by atoms with Gasteiger partial charge in [-0.3, -0.25) is 4.79 Å². The minimum Gasteiger partial charge on any atom is -0.497 e. The first-order valence-corrected chi connectivity index (χ1v) is 6.31. The number of carbonyl (C=O) groups excluding carboxylic acids is 1. The molecule has 0 aliphatic rings. The predicted molar refractivity (Wildman–Crippen MR) is 69.1 cm³/mol. The van der Waals surface area contributed by atoms with Crippen LogP contribution in [0.5, 0.6) is 5.75 Å². The molecule has 1 aromatic carbocycles. The van der Waals surface area contributed by atoms with E-state index < -0.39 is 0 Å². The van der Waals surface area contributed by atoms with E-state index in [1.165, 1.54) is 0 Å². The SMILES string of the molecule is CCC(CC)C(=O)c1ccc(OC)cc1Br. The van der Waals surface area contributed by atoms with Crippen molar-refractivity contribution < 1.29 is 9.53 Å². The van der Waals surface area contributed by atoms with Crippen molar-refractivity contribution >= 4 is 21.7 Å². The Morgan fingerprint density at radius 3 is 2.44 bits per heavy atom. The Hall–Kier alpha value is -0.830. The summed E-state index contributed by atoms with van der Waals surface area (Å²) < 4.78 is 5.91. The summed E-state index contributed by atoms with van der Waals surface area (Å²) in [6.45, 7) is 4.09. The second-order valence-electron chi connectivity index (χ2n) is 3.72. The Labute approximate surface area is 105 Å². The van der Waals surface area contributed by atoms with E-state index in [0.29, 0.717) is 0 Å². The van der Waals surface area contributed by atoms with Crippen molar-refractivity contribution in [2.75, 3.05) is 7.11 Å². The molecule has 0 spiro atoms. The van der Waals surface area contributed by atoms with E-state index >= 15 is 0 Å². The second kappa shape index (κ2) is 6.04. The molecule has 0 heterocycles. The predicted octanol–water partition coefficient (Wildman–Crippen LogP) is 4.08. The van der Waals surface area contributed by atoms with Crippen molar-refractivity contribution in [2.45, 2.75) is 26.7 Å². The summed E-state index contributed by atoms with van der Waals surface area (Å²) in [5.74, 6) is 1.08. The zero-order chi connectivity index (χ0) is 12.1. The van der Waals surface area contributed by atoms with E-state index in [1.807, 2.05) is 32.0 Å². The Morgan fingerprint density at radius 1 is 1.38 bits per heavy atom. The van der Waals surface area contributed by atoms with Crippen molar-refractivity contribution in [3.63, 3.8) is 0 Å². The average Bonchev–Trinajstić information content (AvgIpc) is 2.30. The molecule has 0 radical (unpaired) electrons. The molecule has 0 bridgehead atoms. The standard InChI is InChI=1S/C13H17BrO2/c1-4-9(5-2)13(15)11-7-6-10(16-3)8-12(11)14/h6-9H,4-5H2,1-3H3. The smallest absolute Gasteiger partial charge is 0.167 e. The van der Waals surface area contributed by atoms with Crippen molar-refractivity contribution in [2.24, 2.45) is 5.92 Å². The van der Waals surface area contributed by atoms with Gasteiger partial charge in [0.15, 0.2) is 5.78 Å². The number of methoxy groups -OCH3 is 1. The maximum Gasteiger partial charge on any atom is 0.167 e. The molecule has 0 aliphatic carbocycles. The van der Waals surface area contributed by atoms with Gasteiger partial charge in [0.1, 0.15) is 5.75 Å². The summed E-state index contributed by atoms with van der Waals surface area (Å²) in [7, 11) is 1.62. The van der Waals surface area contributed by atoms with E-state index in [1.54, 1.807) is 7.11 Å². The molecule has 16 heavy (non-hydrogen) atoms. The first-order chi connectivity index (χ1) is 7.63. The molecule has 2 nitrogen and oxygen atoms in total. The lowest BCUT2D eigenvalue weighted by Gasteiger charge is -2.12. The molecule has 0 amide bonds. The maximum absolute atomic E-state index is 12.2. The summed E-state index contributed by atoms with van der Waals surface area (Å²) in [5, 5.41) is 0. The summed E-state index contributed by atoms with van der Waals surface area (Å²) >= 11 is 3.41. The van der Waals surface area contributed by atoms with Gasteiger partial charge in [0.05, 0.1) is 7.11 Å². The van der Waals surface area contributed by atoms with Crippen LogP contribution in [0.3, 0.4) is 0 Å². The number of rotatable bonds is 5. The van der Waals surface area contributed by atoms with Crippen LogP contribution in [0, 0.1) is 5.92 Å². The number of ketones is 1. The first kappa shape index (κ1) is 13.2. The quantitative estimate of drug-likeness (QED) is 0.762. The number of hydrogen-bond donors (Lipinski definition) is 0. The molecule has 1 aromatic rings. The monoisotopic (exact) mass is 284 g/mol. The Bertz CT molecular complexity index is 370. The van der Waals surface area contributed by atoms with Gasteiger partial charge >= 0.3 is 0 Å². The van der Waals surface area contributed by atoms with Gasteiger partial charge in [-0.2, -0.15) is 0 Å². The minimum absolute atomic E-state index is 0.115. The highest BCUT2D eigenvalue weighted by Gasteiger charge is 2.18. The molecule has 88 valence electrons. The average molecular weight is 285 g/mol. The number of ether oxygens (including phenoxy) is 1. The molecular weight excluding hydrogens is 268 g/mol. The zero-order valence-corrected chi connectivity index (χ0v) is 11.5. The van der Waals surface area contributed by atoms with Crippen molar-refractivity contribution in [3.05, 3.63) is 28.2 Å². The lowest BCUT2D eigenvalue weighted by Crippen LogP contribution is -2.13. The maximum atomic E-state index is 12.2. The summed E-state index contributed by atoms with van der Waals surface area (Å²) in [4.78, 5) is 12.2. The van der Waals surface area contributed by atoms with Crippen molar-refractivity contribution in [3.8, 4) is 5.75 Å². The van der Waals surface area contributed by atoms with E-state index in [2.05, 4.69) is 15.9 Å². The van der Waals surface area contributed by atoms with E-state index in [9.17, 15) is 4.79 Å². The molecular formula is C13H17BrO2. The topological polar surface area (TPSA) is 26.3 Å². The molecule has 1 rings (SSSR count). The van der Waals surface area contributed by atoms with Gasteiger partial charge in [-0.05, 0) is 47.0 Å². The fraction of sp³-hybridized carbons (Fsp3) is 0.462. The Balaban J connectivity index is 3.00. The van der Waals surface area contributed by atoms with E-state index in [4.69, 9.17) is 4.74 Å². The number of benzene rings is 1. The van der Waals surface area contributed by atoms with Gasteiger partial charge in [0, 0.05) is 16.0 Å². The molecule has 0 aliphatic heterocycles. The third-order valence-corrected chi connectivity index (χ3v) is 3.45. The van der Waals surface area contributed by atoms with Gasteiger partial charge in [-0.1, -0.05) is 13.8 Å². The molecule has 0 atom stereocenters. The van der Waals surface area contributed by atoms with Crippen LogP contribution in [0.15, 0.2) is 22.7 Å². The number of Topliss-reactive ketones (excluding diaryl/α,β-unsaturated/α-hetero) is 1. The zero-order valence-electron chi connectivity index (χ0n) is 9.92. The van der Waals surface area contributed by atoms with Crippen LogP contribution in [0.1, 0.15) is 37.0 Å². The third kappa shape index (κ3) is 2.85. The van der Waals surface area contributed by atoms with Crippen LogP contribution in [0.4, 0.5) is 0 Å². The second-order valence-corrected chi connectivity index (χ2v) is 4.58. The normalized spacial score (nSPS) is 10.6. The third-order valence-electron chi connectivity index (χ3n) is 2.80. The minimum atomic E-state index is 0.115. The molecule has 0 unspecified atom stereocenters. The van der Waals surface area contributed by atoms with Crippen LogP contribution in [0.2, 0.25) is 0 Å². The Kier molecular flexibility index (Phi) is 5.00. The first-order valence-electron chi connectivity index (χ1n) is 5.51. The van der Waals surface area contributed by atoms with Gasteiger partial charge in [0.2, 0.25) is 0 Å². The van der Waals surface area contributed by atoms with Gasteiger partial charge in [-0.25, -0.2) is 0 Å². The fourth-order valence-corrected chi connectivity index (χ4v) is 2.26. The largest absolute Gasteiger partial charge is 0.497 e.